The minimum atomic E-state index is -0.624. The first-order chi connectivity index (χ1) is 8.66. The predicted octanol–water partition coefficient (Wildman–Crippen LogP) is 0.261. The van der Waals surface area contributed by atoms with Crippen LogP contribution < -0.4 is 11.2 Å². The van der Waals surface area contributed by atoms with Crippen molar-refractivity contribution in [3.05, 3.63) is 35.1 Å². The molecule has 3 N–H and O–H groups in total. The van der Waals surface area contributed by atoms with Crippen molar-refractivity contribution in [2.24, 2.45) is 5.73 Å². The van der Waals surface area contributed by atoms with Gasteiger partial charge in [0.15, 0.2) is 0 Å². The van der Waals surface area contributed by atoms with Crippen molar-refractivity contribution >= 4 is 5.91 Å². The number of nitrogens with one attached hydrogen (secondary N) is 1. The molecule has 0 saturated carbocycles. The van der Waals surface area contributed by atoms with Crippen LogP contribution in [0.4, 0.5) is 4.39 Å². The van der Waals surface area contributed by atoms with Crippen LogP contribution in [0, 0.1) is 5.82 Å². The highest BCUT2D eigenvalue weighted by atomic mass is 19.1. The summed E-state index contributed by atoms with van der Waals surface area (Å²) in [7, 11) is 0. The summed E-state index contributed by atoms with van der Waals surface area (Å²) in [5, 5.41) is 1.99. The molecule has 6 heteroatoms. The Morgan fingerprint density at radius 1 is 1.44 bits per heavy atom. The normalized spacial score (nSPS) is 16.7. The number of carbonyl (C=O) groups excluding carboxylic acids is 1. The molecule has 18 heavy (non-hydrogen) atoms. The van der Waals surface area contributed by atoms with E-state index in [-0.39, 0.29) is 5.56 Å². The summed E-state index contributed by atoms with van der Waals surface area (Å²) < 4.78 is 18.9. The van der Waals surface area contributed by atoms with Crippen molar-refractivity contribution in [3.63, 3.8) is 0 Å². The lowest BCUT2D eigenvalue weighted by atomic mass is 10.1. The molecule has 0 atom stereocenters. The number of morpholine rings is 1. The Morgan fingerprint density at radius 2 is 2.17 bits per heavy atom. The maximum Gasteiger partial charge on any atom is 0.248 e. The zero-order valence-electron chi connectivity index (χ0n) is 9.99. The molecule has 0 unspecified atom stereocenters. The van der Waals surface area contributed by atoms with Crippen LogP contribution in [0.15, 0.2) is 18.2 Å². The molecule has 98 valence electrons. The maximum absolute atomic E-state index is 13.7. The predicted molar refractivity (Wildman–Crippen MR) is 64.1 cm³/mol. The maximum atomic E-state index is 13.7. The molecule has 1 heterocycles. The number of benzene rings is 1. The molecular formula is C12H16FN3O2. The van der Waals surface area contributed by atoms with Crippen molar-refractivity contribution in [1.29, 1.82) is 0 Å². The number of ether oxygens (including phenoxy) is 1. The van der Waals surface area contributed by atoms with Crippen LogP contribution in [0.2, 0.25) is 0 Å². The third-order valence-corrected chi connectivity index (χ3v) is 2.84. The van der Waals surface area contributed by atoms with Gasteiger partial charge >= 0.3 is 0 Å². The van der Waals surface area contributed by atoms with Crippen molar-refractivity contribution in [3.8, 4) is 0 Å². The molecule has 1 aromatic carbocycles. The van der Waals surface area contributed by atoms with Crippen molar-refractivity contribution in [2.75, 3.05) is 26.3 Å². The standard InChI is InChI=1S/C12H16FN3O2/c13-11-7-9(12(14)17)1-2-10(11)8-15-16-3-5-18-6-4-16/h1-2,7,15H,3-6,8H2,(H2,14,17). The Morgan fingerprint density at radius 3 is 2.78 bits per heavy atom. The number of hydrogen-bond donors (Lipinski definition) is 2. The first-order valence-corrected chi connectivity index (χ1v) is 5.81. The lowest BCUT2D eigenvalue weighted by Crippen LogP contribution is -2.45. The van der Waals surface area contributed by atoms with Gasteiger partial charge in [-0.2, -0.15) is 0 Å². The zero-order valence-corrected chi connectivity index (χ0v) is 9.99. The van der Waals surface area contributed by atoms with E-state index in [1.165, 1.54) is 12.1 Å². The van der Waals surface area contributed by atoms with E-state index in [1.807, 2.05) is 5.01 Å². The number of hydrazine groups is 1. The van der Waals surface area contributed by atoms with Gasteiger partial charge in [0.05, 0.1) is 13.2 Å². The second-order valence-corrected chi connectivity index (χ2v) is 4.10. The van der Waals surface area contributed by atoms with Crippen LogP contribution in [-0.2, 0) is 11.3 Å². The van der Waals surface area contributed by atoms with E-state index in [0.29, 0.717) is 25.3 Å². The zero-order chi connectivity index (χ0) is 13.0. The van der Waals surface area contributed by atoms with Gasteiger partial charge in [-0.1, -0.05) is 6.07 Å². The summed E-state index contributed by atoms with van der Waals surface area (Å²) in [4.78, 5) is 10.9. The summed E-state index contributed by atoms with van der Waals surface area (Å²) in [5.74, 6) is -1.05. The first-order valence-electron chi connectivity index (χ1n) is 5.81. The number of nitrogens with zero attached hydrogens (tertiary/aromatic N) is 1. The van der Waals surface area contributed by atoms with Crippen LogP contribution in [0.25, 0.3) is 0 Å². The second-order valence-electron chi connectivity index (χ2n) is 4.10. The van der Waals surface area contributed by atoms with Gasteiger partial charge < -0.3 is 10.5 Å². The number of amides is 1. The number of nitrogens with two attached hydrogens (primary N) is 1. The largest absolute Gasteiger partial charge is 0.379 e. The summed E-state index contributed by atoms with van der Waals surface area (Å²) in [6, 6.07) is 4.27. The van der Waals surface area contributed by atoms with Crippen LogP contribution in [0.5, 0.6) is 0 Å². The highest BCUT2D eigenvalue weighted by Gasteiger charge is 2.11. The van der Waals surface area contributed by atoms with Gasteiger partial charge in [0.2, 0.25) is 5.91 Å². The molecule has 1 aliphatic heterocycles. The van der Waals surface area contributed by atoms with Gasteiger partial charge in [0, 0.05) is 30.8 Å². The van der Waals surface area contributed by atoms with Crippen LogP contribution in [-0.4, -0.2) is 37.2 Å². The molecule has 1 aliphatic rings. The highest BCUT2D eigenvalue weighted by molar-refractivity contribution is 5.92. The second kappa shape index (κ2) is 5.90. The molecule has 0 aromatic heterocycles. The first kappa shape index (κ1) is 12.9. The molecule has 1 fully saturated rings. The monoisotopic (exact) mass is 253 g/mol. The van der Waals surface area contributed by atoms with Gasteiger partial charge in [-0.15, -0.1) is 0 Å². The number of rotatable bonds is 4. The van der Waals surface area contributed by atoms with E-state index in [1.54, 1.807) is 6.07 Å². The van der Waals surface area contributed by atoms with Crippen molar-refractivity contribution in [2.45, 2.75) is 6.54 Å². The molecule has 1 aromatic rings. The highest BCUT2D eigenvalue weighted by Crippen LogP contribution is 2.10. The van der Waals surface area contributed by atoms with Crippen molar-refractivity contribution in [1.82, 2.24) is 10.4 Å². The number of primary amides is 1. The molecule has 0 spiro atoms. The Bertz CT molecular complexity index is 433. The molecule has 5 nitrogen and oxygen atoms in total. The molecular weight excluding hydrogens is 237 g/mol. The Balaban J connectivity index is 1.94. The fraction of sp³-hybridized carbons (Fsp3) is 0.417. The van der Waals surface area contributed by atoms with E-state index >= 15 is 0 Å². The van der Waals surface area contributed by atoms with Gasteiger partial charge in [0.1, 0.15) is 5.82 Å². The van der Waals surface area contributed by atoms with E-state index < -0.39 is 11.7 Å². The summed E-state index contributed by atoms with van der Waals surface area (Å²) in [6.07, 6.45) is 0. The minimum Gasteiger partial charge on any atom is -0.379 e. The number of carbonyl (C=O) groups is 1. The topological polar surface area (TPSA) is 67.6 Å². The third kappa shape index (κ3) is 3.25. The van der Waals surface area contributed by atoms with E-state index in [4.69, 9.17) is 10.5 Å². The lowest BCUT2D eigenvalue weighted by molar-refractivity contribution is 0.0104. The Kier molecular flexibility index (Phi) is 4.24. The average molecular weight is 253 g/mol. The van der Waals surface area contributed by atoms with Crippen molar-refractivity contribution < 1.29 is 13.9 Å². The molecule has 0 bridgehead atoms. The summed E-state index contributed by atoms with van der Waals surface area (Å²) >= 11 is 0. The van der Waals surface area contributed by atoms with Gasteiger partial charge in [-0.3, -0.25) is 10.2 Å². The Hall–Kier alpha value is -1.50. The van der Waals surface area contributed by atoms with Crippen LogP contribution >= 0.6 is 0 Å². The quantitative estimate of drug-likeness (QED) is 0.808. The fourth-order valence-corrected chi connectivity index (χ4v) is 1.76. The Labute approximate surface area is 105 Å². The molecule has 0 radical (unpaired) electrons. The molecule has 1 saturated heterocycles. The van der Waals surface area contributed by atoms with E-state index in [2.05, 4.69) is 5.43 Å². The third-order valence-electron chi connectivity index (χ3n) is 2.84. The number of halogens is 1. The summed E-state index contributed by atoms with van der Waals surface area (Å²) in [6.45, 7) is 3.29. The number of hydrogen-bond acceptors (Lipinski definition) is 4. The van der Waals surface area contributed by atoms with E-state index in [0.717, 1.165) is 13.1 Å². The summed E-state index contributed by atoms with van der Waals surface area (Å²) in [5.41, 5.74) is 8.89. The fourth-order valence-electron chi connectivity index (χ4n) is 1.76. The van der Waals surface area contributed by atoms with Gasteiger partial charge in [0.25, 0.3) is 0 Å². The molecule has 1 amide bonds. The van der Waals surface area contributed by atoms with Crippen LogP contribution in [0.1, 0.15) is 15.9 Å². The minimum absolute atomic E-state index is 0.183. The molecule has 0 aliphatic carbocycles. The smallest absolute Gasteiger partial charge is 0.248 e. The average Bonchev–Trinajstić information content (AvgIpc) is 2.38. The van der Waals surface area contributed by atoms with Crippen LogP contribution in [0.3, 0.4) is 0 Å². The lowest BCUT2D eigenvalue weighted by Gasteiger charge is -2.27. The van der Waals surface area contributed by atoms with E-state index in [9.17, 15) is 9.18 Å². The molecule has 2 rings (SSSR count). The SMILES string of the molecule is NC(=O)c1ccc(CNN2CCOCC2)c(F)c1. The van der Waals surface area contributed by atoms with Gasteiger partial charge in [-0.25, -0.2) is 9.40 Å². The van der Waals surface area contributed by atoms with Gasteiger partial charge in [-0.05, 0) is 12.1 Å².